The van der Waals surface area contributed by atoms with Crippen LogP contribution in [0.1, 0.15) is 32.6 Å². The van der Waals surface area contributed by atoms with Gasteiger partial charge in [-0.1, -0.05) is 35.9 Å². The molecule has 0 atom stereocenters. The minimum atomic E-state index is -0.349. The van der Waals surface area contributed by atoms with Crippen molar-refractivity contribution in [2.24, 2.45) is 5.10 Å². The Morgan fingerprint density at radius 3 is 2.34 bits per heavy atom. The van der Waals surface area contributed by atoms with E-state index >= 15 is 0 Å². The summed E-state index contributed by atoms with van der Waals surface area (Å²) in [5, 5.41) is 4.08. The van der Waals surface area contributed by atoms with Gasteiger partial charge in [-0.15, -0.1) is 0 Å². The van der Waals surface area contributed by atoms with Crippen LogP contribution in [-0.4, -0.2) is 26.3 Å². The fraction of sp³-hybridized carbons (Fsp3) is 0.200. The van der Waals surface area contributed by atoms with E-state index in [1.807, 2.05) is 37.3 Å². The molecule has 0 aliphatic rings. The van der Waals surface area contributed by atoms with Gasteiger partial charge in [-0.05, 0) is 77.4 Å². The lowest BCUT2D eigenvalue weighted by Gasteiger charge is -2.14. The maximum absolute atomic E-state index is 12.5. The second kappa shape index (κ2) is 11.0. The summed E-state index contributed by atoms with van der Waals surface area (Å²) in [5.41, 5.74) is 7.02. The van der Waals surface area contributed by atoms with E-state index < -0.39 is 0 Å². The van der Waals surface area contributed by atoms with E-state index in [9.17, 15) is 4.79 Å². The molecule has 0 unspecified atom stereocenters. The van der Waals surface area contributed by atoms with Crippen LogP contribution in [0.25, 0.3) is 0 Å². The van der Waals surface area contributed by atoms with Crippen LogP contribution in [-0.2, 0) is 6.61 Å². The first-order valence-electron chi connectivity index (χ1n) is 9.95. The van der Waals surface area contributed by atoms with Crippen molar-refractivity contribution < 1.29 is 19.0 Å². The van der Waals surface area contributed by atoms with Crippen molar-refractivity contribution in [2.45, 2.75) is 20.5 Å². The maximum atomic E-state index is 12.5. The first-order valence-corrected chi connectivity index (χ1v) is 11.0. The highest BCUT2D eigenvalue weighted by Gasteiger charge is 2.13. The topological polar surface area (TPSA) is 69.2 Å². The quantitative estimate of drug-likeness (QED) is 0.239. The predicted molar refractivity (Wildman–Crippen MR) is 134 cm³/mol. The van der Waals surface area contributed by atoms with Gasteiger partial charge in [0, 0.05) is 0 Å². The molecule has 32 heavy (non-hydrogen) atoms. The molecule has 0 aliphatic carbocycles. The van der Waals surface area contributed by atoms with Crippen molar-refractivity contribution >= 4 is 34.7 Å². The molecule has 0 aliphatic heterocycles. The molecule has 1 amide bonds. The molecule has 3 aromatic carbocycles. The highest BCUT2D eigenvalue weighted by atomic mass is 127. The number of halogens is 1. The van der Waals surface area contributed by atoms with Gasteiger partial charge in [0.05, 0.1) is 29.6 Å². The molecule has 0 saturated carbocycles. The number of amides is 1. The molecule has 0 saturated heterocycles. The smallest absolute Gasteiger partial charge is 0.275 e. The van der Waals surface area contributed by atoms with Crippen molar-refractivity contribution in [1.82, 2.24) is 5.43 Å². The van der Waals surface area contributed by atoms with Crippen LogP contribution >= 0.6 is 22.6 Å². The molecule has 0 fully saturated rings. The van der Waals surface area contributed by atoms with Crippen LogP contribution < -0.4 is 19.6 Å². The van der Waals surface area contributed by atoms with Gasteiger partial charge in [-0.3, -0.25) is 4.79 Å². The molecule has 0 heterocycles. The fourth-order valence-corrected chi connectivity index (χ4v) is 3.79. The standard InChI is InChI=1S/C25H25IN2O4/c1-16-5-8-18(9-6-16)15-32-24-21(26)12-19(13-23(24)31-4)14-27-28-25(29)20-10-7-17(2)11-22(20)30-3/h5-14H,15H2,1-4H3,(H,28,29)/b27-14-. The molecule has 0 bridgehead atoms. The highest BCUT2D eigenvalue weighted by Crippen LogP contribution is 2.34. The number of carbonyl (C=O) groups excluding carboxylic acids is 1. The zero-order chi connectivity index (χ0) is 23.1. The van der Waals surface area contributed by atoms with Crippen molar-refractivity contribution in [1.29, 1.82) is 0 Å². The number of methoxy groups -OCH3 is 2. The van der Waals surface area contributed by atoms with E-state index in [0.717, 1.165) is 20.3 Å². The summed E-state index contributed by atoms with van der Waals surface area (Å²) in [4.78, 5) is 12.5. The Morgan fingerprint density at radius 1 is 0.969 bits per heavy atom. The van der Waals surface area contributed by atoms with Crippen LogP contribution in [0, 0.1) is 17.4 Å². The summed E-state index contributed by atoms with van der Waals surface area (Å²) in [5.74, 6) is 1.41. The number of nitrogens with one attached hydrogen (secondary N) is 1. The van der Waals surface area contributed by atoms with E-state index in [4.69, 9.17) is 14.2 Å². The molecule has 0 spiro atoms. The summed E-state index contributed by atoms with van der Waals surface area (Å²) in [7, 11) is 3.13. The normalized spacial score (nSPS) is 10.8. The molecule has 1 N–H and O–H groups in total. The molecule has 0 radical (unpaired) electrons. The van der Waals surface area contributed by atoms with Gasteiger partial charge in [0.15, 0.2) is 11.5 Å². The van der Waals surface area contributed by atoms with E-state index in [1.54, 1.807) is 25.5 Å². The zero-order valence-electron chi connectivity index (χ0n) is 18.4. The lowest BCUT2D eigenvalue weighted by atomic mass is 10.1. The zero-order valence-corrected chi connectivity index (χ0v) is 20.6. The van der Waals surface area contributed by atoms with Gasteiger partial charge >= 0.3 is 0 Å². The van der Waals surface area contributed by atoms with Crippen molar-refractivity contribution in [3.05, 3.63) is 86.0 Å². The largest absolute Gasteiger partial charge is 0.496 e. The number of hydrazone groups is 1. The Bertz CT molecular complexity index is 1130. The monoisotopic (exact) mass is 544 g/mol. The van der Waals surface area contributed by atoms with E-state index in [2.05, 4.69) is 52.2 Å². The number of hydrogen-bond donors (Lipinski definition) is 1. The van der Waals surface area contributed by atoms with Crippen molar-refractivity contribution in [2.75, 3.05) is 14.2 Å². The van der Waals surface area contributed by atoms with Crippen LogP contribution in [0.3, 0.4) is 0 Å². The lowest BCUT2D eigenvalue weighted by Crippen LogP contribution is -2.18. The number of aryl methyl sites for hydroxylation is 2. The Kier molecular flexibility index (Phi) is 8.10. The van der Waals surface area contributed by atoms with E-state index in [0.29, 0.717) is 29.4 Å². The summed E-state index contributed by atoms with van der Waals surface area (Å²) >= 11 is 2.20. The number of hydrogen-bond acceptors (Lipinski definition) is 5. The van der Waals surface area contributed by atoms with Gasteiger partial charge in [0.2, 0.25) is 0 Å². The highest BCUT2D eigenvalue weighted by molar-refractivity contribution is 14.1. The minimum absolute atomic E-state index is 0.349. The third-order valence-electron chi connectivity index (χ3n) is 4.74. The Labute approximate surface area is 201 Å². The summed E-state index contributed by atoms with van der Waals surface area (Å²) < 4.78 is 17.7. The first kappa shape index (κ1) is 23.6. The van der Waals surface area contributed by atoms with Gasteiger partial charge < -0.3 is 14.2 Å². The Hall–Kier alpha value is -3.07. The summed E-state index contributed by atoms with van der Waals surface area (Å²) in [6.45, 7) is 4.43. The molecule has 166 valence electrons. The van der Waals surface area contributed by atoms with Crippen molar-refractivity contribution in [3.8, 4) is 17.2 Å². The second-order valence-corrected chi connectivity index (χ2v) is 8.37. The van der Waals surface area contributed by atoms with Gasteiger partial charge in [-0.2, -0.15) is 5.10 Å². The van der Waals surface area contributed by atoms with Crippen LogP contribution in [0.2, 0.25) is 0 Å². The molecule has 0 aromatic heterocycles. The molecular formula is C25H25IN2O4. The van der Waals surface area contributed by atoms with Crippen LogP contribution in [0.5, 0.6) is 17.2 Å². The van der Waals surface area contributed by atoms with Gasteiger partial charge in [-0.25, -0.2) is 5.43 Å². The number of benzene rings is 3. The summed E-state index contributed by atoms with van der Waals surface area (Å²) in [6, 6.07) is 17.3. The van der Waals surface area contributed by atoms with Crippen LogP contribution in [0.15, 0.2) is 59.7 Å². The SMILES string of the molecule is COc1cc(C)ccc1C(=O)N/N=C\c1cc(I)c(OCc2ccc(C)cc2)c(OC)c1. The first-order chi connectivity index (χ1) is 15.4. The van der Waals surface area contributed by atoms with Crippen LogP contribution in [0.4, 0.5) is 0 Å². The predicted octanol–water partition coefficient (Wildman–Crippen LogP) is 5.27. The maximum Gasteiger partial charge on any atom is 0.275 e. The lowest BCUT2D eigenvalue weighted by molar-refractivity contribution is 0.0952. The number of rotatable bonds is 8. The molecule has 3 rings (SSSR count). The van der Waals surface area contributed by atoms with Crippen molar-refractivity contribution in [3.63, 3.8) is 0 Å². The minimum Gasteiger partial charge on any atom is -0.496 e. The number of nitrogens with zero attached hydrogens (tertiary/aromatic N) is 1. The molecule has 6 nitrogen and oxygen atoms in total. The molecule has 7 heteroatoms. The fourth-order valence-electron chi connectivity index (χ4n) is 3.01. The number of ether oxygens (including phenoxy) is 3. The Balaban J connectivity index is 1.70. The second-order valence-electron chi connectivity index (χ2n) is 7.21. The molecule has 3 aromatic rings. The van der Waals surface area contributed by atoms with Gasteiger partial charge in [0.25, 0.3) is 5.91 Å². The number of carbonyl (C=O) groups is 1. The van der Waals surface area contributed by atoms with E-state index in [-0.39, 0.29) is 5.91 Å². The average Bonchev–Trinajstić information content (AvgIpc) is 2.78. The Morgan fingerprint density at radius 2 is 1.66 bits per heavy atom. The molecular weight excluding hydrogens is 519 g/mol. The van der Waals surface area contributed by atoms with E-state index in [1.165, 1.54) is 12.7 Å². The third kappa shape index (κ3) is 6.00. The third-order valence-corrected chi connectivity index (χ3v) is 5.54. The summed E-state index contributed by atoms with van der Waals surface area (Å²) in [6.07, 6.45) is 1.56. The van der Waals surface area contributed by atoms with Gasteiger partial charge in [0.1, 0.15) is 12.4 Å². The average molecular weight is 544 g/mol.